The van der Waals surface area contributed by atoms with E-state index in [1.165, 1.54) is 5.56 Å². The van der Waals surface area contributed by atoms with Gasteiger partial charge in [-0.05, 0) is 29.9 Å². The predicted octanol–water partition coefficient (Wildman–Crippen LogP) is 1.90. The molecule has 1 aliphatic rings. The molecule has 0 aliphatic carbocycles. The van der Waals surface area contributed by atoms with Crippen molar-refractivity contribution in [2.45, 2.75) is 44.8 Å². The summed E-state index contributed by atoms with van der Waals surface area (Å²) in [6, 6.07) is 8.39. The Labute approximate surface area is 145 Å². The Bertz CT molecular complexity index is 530. The van der Waals surface area contributed by atoms with E-state index in [9.17, 15) is 9.90 Å². The lowest BCUT2D eigenvalue weighted by atomic mass is 9.91. The molecule has 134 valence electrons. The van der Waals surface area contributed by atoms with Crippen LogP contribution in [0.5, 0.6) is 0 Å². The van der Waals surface area contributed by atoms with Gasteiger partial charge in [0.15, 0.2) is 5.60 Å². The van der Waals surface area contributed by atoms with E-state index in [1.807, 2.05) is 0 Å². The molecule has 1 aromatic rings. The van der Waals surface area contributed by atoms with E-state index < -0.39 is 5.60 Å². The molecule has 1 atom stereocenters. The maximum absolute atomic E-state index is 12.7. The zero-order valence-corrected chi connectivity index (χ0v) is 15.0. The molecule has 1 aliphatic heterocycles. The van der Waals surface area contributed by atoms with E-state index in [0.717, 1.165) is 12.0 Å². The van der Waals surface area contributed by atoms with Crippen molar-refractivity contribution in [1.29, 1.82) is 0 Å². The lowest BCUT2D eigenvalue weighted by molar-refractivity contribution is -0.157. The Morgan fingerprint density at radius 2 is 2.04 bits per heavy atom. The quantitative estimate of drug-likeness (QED) is 0.713. The number of rotatable bonds is 8. The SMILES string of the molecule is COCCNC[C@@]1(O)CCCN(Cc2ccc(C(C)C)cc2)C1=O. The summed E-state index contributed by atoms with van der Waals surface area (Å²) in [4.78, 5) is 14.5. The number of likely N-dealkylation sites (tertiary alicyclic amines) is 1. The summed E-state index contributed by atoms with van der Waals surface area (Å²) in [6.07, 6.45) is 1.33. The van der Waals surface area contributed by atoms with Crippen LogP contribution in [0.4, 0.5) is 0 Å². The topological polar surface area (TPSA) is 61.8 Å². The third kappa shape index (κ3) is 4.79. The second kappa shape index (κ2) is 8.60. The number of methoxy groups -OCH3 is 1. The highest BCUT2D eigenvalue weighted by molar-refractivity contribution is 5.86. The Balaban J connectivity index is 1.96. The molecule has 5 heteroatoms. The zero-order chi connectivity index (χ0) is 17.6. The van der Waals surface area contributed by atoms with Crippen LogP contribution in [0.3, 0.4) is 0 Å². The molecule has 0 spiro atoms. The molecule has 0 aromatic heterocycles. The summed E-state index contributed by atoms with van der Waals surface area (Å²) in [6.45, 7) is 7.05. The summed E-state index contributed by atoms with van der Waals surface area (Å²) in [5.41, 5.74) is 1.09. The fraction of sp³-hybridized carbons (Fsp3) is 0.632. The minimum Gasteiger partial charge on any atom is -0.383 e. The standard InChI is InChI=1S/C19H30N2O3/c1-15(2)17-7-5-16(6-8-17)13-21-11-4-9-19(23,18(21)22)14-20-10-12-24-3/h5-8,15,20,23H,4,9-14H2,1-3H3/t19-/m0/s1. The highest BCUT2D eigenvalue weighted by atomic mass is 16.5. The highest BCUT2D eigenvalue weighted by Gasteiger charge is 2.41. The van der Waals surface area contributed by atoms with E-state index in [1.54, 1.807) is 12.0 Å². The Hall–Kier alpha value is -1.43. The Morgan fingerprint density at radius 3 is 2.67 bits per heavy atom. The highest BCUT2D eigenvalue weighted by Crippen LogP contribution is 2.24. The first-order valence-corrected chi connectivity index (χ1v) is 8.76. The van der Waals surface area contributed by atoms with Crippen molar-refractivity contribution in [2.24, 2.45) is 0 Å². The molecule has 1 saturated heterocycles. The van der Waals surface area contributed by atoms with Crippen LogP contribution in [0.25, 0.3) is 0 Å². The van der Waals surface area contributed by atoms with E-state index in [2.05, 4.69) is 43.4 Å². The number of nitrogens with one attached hydrogen (secondary N) is 1. The number of carbonyl (C=O) groups excluding carboxylic acids is 1. The van der Waals surface area contributed by atoms with Crippen LogP contribution >= 0.6 is 0 Å². The van der Waals surface area contributed by atoms with Crippen LogP contribution < -0.4 is 5.32 Å². The van der Waals surface area contributed by atoms with Gasteiger partial charge in [-0.25, -0.2) is 0 Å². The van der Waals surface area contributed by atoms with E-state index in [0.29, 0.717) is 38.6 Å². The molecular formula is C19H30N2O3. The minimum absolute atomic E-state index is 0.174. The molecule has 5 nitrogen and oxygen atoms in total. The summed E-state index contributed by atoms with van der Waals surface area (Å²) >= 11 is 0. The van der Waals surface area contributed by atoms with Gasteiger partial charge < -0.3 is 20.1 Å². The second-order valence-electron chi connectivity index (χ2n) is 6.93. The van der Waals surface area contributed by atoms with Gasteiger partial charge >= 0.3 is 0 Å². The van der Waals surface area contributed by atoms with Crippen LogP contribution in [0.15, 0.2) is 24.3 Å². The maximum Gasteiger partial charge on any atom is 0.256 e. The molecule has 1 aromatic carbocycles. The Morgan fingerprint density at radius 1 is 1.33 bits per heavy atom. The second-order valence-corrected chi connectivity index (χ2v) is 6.93. The van der Waals surface area contributed by atoms with Crippen LogP contribution in [0.2, 0.25) is 0 Å². The lowest BCUT2D eigenvalue weighted by Crippen LogP contribution is -2.57. The first-order valence-electron chi connectivity index (χ1n) is 8.76. The third-order valence-corrected chi connectivity index (χ3v) is 4.62. The Kier molecular flexibility index (Phi) is 6.78. The summed E-state index contributed by atoms with van der Waals surface area (Å²) < 4.78 is 4.98. The molecular weight excluding hydrogens is 304 g/mol. The predicted molar refractivity (Wildman–Crippen MR) is 94.9 cm³/mol. The molecule has 0 saturated carbocycles. The van der Waals surface area contributed by atoms with Crippen LogP contribution in [-0.4, -0.2) is 54.9 Å². The summed E-state index contributed by atoms with van der Waals surface area (Å²) in [5.74, 6) is 0.325. The van der Waals surface area contributed by atoms with Crippen LogP contribution in [0.1, 0.15) is 43.7 Å². The number of nitrogens with zero attached hydrogens (tertiary/aromatic N) is 1. The molecule has 1 heterocycles. The molecule has 0 unspecified atom stereocenters. The van der Waals surface area contributed by atoms with Crippen molar-refractivity contribution in [3.63, 3.8) is 0 Å². The fourth-order valence-electron chi connectivity index (χ4n) is 3.08. The average Bonchev–Trinajstić information content (AvgIpc) is 2.57. The molecule has 1 fully saturated rings. The molecule has 0 bridgehead atoms. The minimum atomic E-state index is -1.30. The third-order valence-electron chi connectivity index (χ3n) is 4.62. The van der Waals surface area contributed by atoms with Crippen molar-refractivity contribution in [3.8, 4) is 0 Å². The van der Waals surface area contributed by atoms with Crippen molar-refractivity contribution >= 4 is 5.91 Å². The van der Waals surface area contributed by atoms with Gasteiger partial charge in [0.2, 0.25) is 0 Å². The zero-order valence-electron chi connectivity index (χ0n) is 15.0. The van der Waals surface area contributed by atoms with Gasteiger partial charge in [-0.1, -0.05) is 38.1 Å². The lowest BCUT2D eigenvalue weighted by Gasteiger charge is -2.38. The first-order chi connectivity index (χ1) is 11.5. The molecule has 1 amide bonds. The molecule has 0 radical (unpaired) electrons. The number of carbonyl (C=O) groups is 1. The van der Waals surface area contributed by atoms with Crippen molar-refractivity contribution in [3.05, 3.63) is 35.4 Å². The van der Waals surface area contributed by atoms with Gasteiger partial charge in [0.05, 0.1) is 6.61 Å². The van der Waals surface area contributed by atoms with Crippen molar-refractivity contribution in [1.82, 2.24) is 10.2 Å². The van der Waals surface area contributed by atoms with E-state index in [-0.39, 0.29) is 12.5 Å². The van der Waals surface area contributed by atoms with Gasteiger partial charge in [-0.3, -0.25) is 4.79 Å². The number of benzene rings is 1. The molecule has 24 heavy (non-hydrogen) atoms. The fourth-order valence-corrected chi connectivity index (χ4v) is 3.08. The average molecular weight is 334 g/mol. The van der Waals surface area contributed by atoms with Gasteiger partial charge in [0, 0.05) is 33.3 Å². The van der Waals surface area contributed by atoms with Crippen molar-refractivity contribution < 1.29 is 14.6 Å². The number of hydrogen-bond donors (Lipinski definition) is 2. The number of aliphatic hydroxyl groups is 1. The van der Waals surface area contributed by atoms with Gasteiger partial charge in [-0.2, -0.15) is 0 Å². The smallest absolute Gasteiger partial charge is 0.256 e. The van der Waals surface area contributed by atoms with Gasteiger partial charge in [-0.15, -0.1) is 0 Å². The normalized spacial score (nSPS) is 21.5. The summed E-state index contributed by atoms with van der Waals surface area (Å²) in [5, 5.41) is 13.8. The maximum atomic E-state index is 12.7. The first kappa shape index (κ1) is 18.9. The monoisotopic (exact) mass is 334 g/mol. The van der Waals surface area contributed by atoms with Crippen LogP contribution in [0, 0.1) is 0 Å². The number of ether oxygens (including phenoxy) is 1. The molecule has 2 rings (SSSR count). The van der Waals surface area contributed by atoms with Gasteiger partial charge in [0.1, 0.15) is 0 Å². The molecule has 2 N–H and O–H groups in total. The number of hydrogen-bond acceptors (Lipinski definition) is 4. The van der Waals surface area contributed by atoms with Crippen LogP contribution in [-0.2, 0) is 16.1 Å². The largest absolute Gasteiger partial charge is 0.383 e. The van der Waals surface area contributed by atoms with Gasteiger partial charge in [0.25, 0.3) is 5.91 Å². The number of amides is 1. The van der Waals surface area contributed by atoms with E-state index >= 15 is 0 Å². The van der Waals surface area contributed by atoms with Crippen molar-refractivity contribution in [2.75, 3.05) is 33.4 Å². The number of piperidine rings is 1. The van der Waals surface area contributed by atoms with E-state index in [4.69, 9.17) is 4.74 Å². The summed E-state index contributed by atoms with van der Waals surface area (Å²) in [7, 11) is 1.63.